The summed E-state index contributed by atoms with van der Waals surface area (Å²) in [7, 11) is 0. The highest BCUT2D eigenvalue weighted by Gasteiger charge is 2.15. The van der Waals surface area contributed by atoms with E-state index in [1.54, 1.807) is 18.2 Å². The van der Waals surface area contributed by atoms with Crippen molar-refractivity contribution in [3.63, 3.8) is 0 Å². The Morgan fingerprint density at radius 1 is 1.47 bits per heavy atom. The Morgan fingerprint density at radius 3 is 2.67 bits per heavy atom. The Bertz CT molecular complexity index is 392. The second-order valence-electron chi connectivity index (χ2n) is 2.96. The molecule has 0 aromatic heterocycles. The van der Waals surface area contributed by atoms with Crippen molar-refractivity contribution in [1.29, 1.82) is 0 Å². The lowest BCUT2D eigenvalue weighted by Gasteiger charge is -2.09. The Hall–Kier alpha value is -1.55. The highest BCUT2D eigenvalue weighted by Crippen LogP contribution is 2.12. The van der Waals surface area contributed by atoms with Gasteiger partial charge in [0, 0.05) is 5.02 Å². The van der Waals surface area contributed by atoms with Gasteiger partial charge in [-0.25, -0.2) is 4.79 Å². The molecule has 1 aromatic carbocycles. The number of carbonyl (C=O) groups is 2. The molecular formula is C10H10ClNO3. The number of ether oxygens (including phenoxy) is 1. The third kappa shape index (κ3) is 3.25. The van der Waals surface area contributed by atoms with Gasteiger partial charge in [0.25, 0.3) is 5.91 Å². The van der Waals surface area contributed by atoms with E-state index in [4.69, 9.17) is 22.1 Å². The molecule has 0 bridgehead atoms. The molecule has 0 saturated heterocycles. The van der Waals surface area contributed by atoms with Crippen LogP contribution in [-0.4, -0.2) is 18.0 Å². The fourth-order valence-electron chi connectivity index (χ4n) is 0.902. The van der Waals surface area contributed by atoms with E-state index in [1.807, 2.05) is 0 Å². The first-order chi connectivity index (χ1) is 7.00. The van der Waals surface area contributed by atoms with Crippen molar-refractivity contribution in [1.82, 2.24) is 0 Å². The summed E-state index contributed by atoms with van der Waals surface area (Å²) >= 11 is 5.69. The summed E-state index contributed by atoms with van der Waals surface area (Å²) in [5.74, 6) is -1.31. The van der Waals surface area contributed by atoms with Crippen LogP contribution in [0.1, 0.15) is 17.3 Å². The molecule has 0 saturated carbocycles. The summed E-state index contributed by atoms with van der Waals surface area (Å²) in [6, 6.07) is 6.25. The van der Waals surface area contributed by atoms with Crippen LogP contribution in [0.25, 0.3) is 0 Å². The minimum absolute atomic E-state index is 0.288. The van der Waals surface area contributed by atoms with Crippen molar-refractivity contribution in [3.8, 4) is 0 Å². The Labute approximate surface area is 92.0 Å². The number of carbonyl (C=O) groups excluding carboxylic acids is 2. The molecule has 2 N–H and O–H groups in total. The number of halogens is 1. The lowest BCUT2D eigenvalue weighted by molar-refractivity contribution is -0.125. The highest BCUT2D eigenvalue weighted by molar-refractivity contribution is 6.30. The first-order valence-electron chi connectivity index (χ1n) is 4.26. The average Bonchev–Trinajstić information content (AvgIpc) is 2.17. The van der Waals surface area contributed by atoms with Gasteiger partial charge in [-0.15, -0.1) is 0 Å². The molecular weight excluding hydrogens is 218 g/mol. The monoisotopic (exact) mass is 227 g/mol. The largest absolute Gasteiger partial charge is 0.449 e. The predicted octanol–water partition coefficient (Wildman–Crippen LogP) is 1.37. The Kier molecular flexibility index (Phi) is 3.68. The molecule has 4 nitrogen and oxygen atoms in total. The molecule has 0 fully saturated rings. The first kappa shape index (κ1) is 11.5. The molecule has 0 unspecified atom stereocenters. The number of primary amides is 1. The lowest BCUT2D eigenvalue weighted by atomic mass is 10.2. The molecule has 0 heterocycles. The molecule has 80 valence electrons. The fourth-order valence-corrected chi connectivity index (χ4v) is 1.09. The van der Waals surface area contributed by atoms with Gasteiger partial charge in [-0.3, -0.25) is 4.79 Å². The van der Waals surface area contributed by atoms with Gasteiger partial charge in [-0.1, -0.05) is 17.7 Å². The van der Waals surface area contributed by atoms with Crippen molar-refractivity contribution >= 4 is 23.5 Å². The maximum Gasteiger partial charge on any atom is 0.338 e. The SMILES string of the molecule is C[C@H](OC(=O)c1cccc(Cl)c1)C(N)=O. The van der Waals surface area contributed by atoms with E-state index in [0.717, 1.165) is 0 Å². The Balaban J connectivity index is 2.73. The molecule has 1 rings (SSSR count). The van der Waals surface area contributed by atoms with Crippen LogP contribution in [0.15, 0.2) is 24.3 Å². The molecule has 0 spiro atoms. The highest BCUT2D eigenvalue weighted by atomic mass is 35.5. The number of esters is 1. The first-order valence-corrected chi connectivity index (χ1v) is 4.64. The van der Waals surface area contributed by atoms with Crippen LogP contribution >= 0.6 is 11.6 Å². The second kappa shape index (κ2) is 4.79. The maximum absolute atomic E-state index is 11.4. The van der Waals surface area contributed by atoms with Gasteiger partial charge in [0.15, 0.2) is 6.10 Å². The smallest absolute Gasteiger partial charge is 0.338 e. The van der Waals surface area contributed by atoms with Crippen LogP contribution in [0, 0.1) is 0 Å². The van der Waals surface area contributed by atoms with E-state index in [2.05, 4.69) is 0 Å². The van der Waals surface area contributed by atoms with Crippen molar-refractivity contribution in [2.45, 2.75) is 13.0 Å². The number of benzene rings is 1. The van der Waals surface area contributed by atoms with Crippen LogP contribution in [0.4, 0.5) is 0 Å². The van der Waals surface area contributed by atoms with E-state index in [9.17, 15) is 9.59 Å². The van der Waals surface area contributed by atoms with E-state index in [-0.39, 0.29) is 5.56 Å². The minimum atomic E-state index is -0.948. The summed E-state index contributed by atoms with van der Waals surface area (Å²) in [6.45, 7) is 1.41. The minimum Gasteiger partial charge on any atom is -0.449 e. The van der Waals surface area contributed by atoms with Crippen LogP contribution in [0.2, 0.25) is 5.02 Å². The molecule has 0 aliphatic carbocycles. The van der Waals surface area contributed by atoms with Crippen LogP contribution in [0.5, 0.6) is 0 Å². The van der Waals surface area contributed by atoms with Gasteiger partial charge >= 0.3 is 5.97 Å². The van der Waals surface area contributed by atoms with E-state index in [0.29, 0.717) is 5.02 Å². The summed E-state index contributed by atoms with van der Waals surface area (Å²) < 4.78 is 4.78. The number of amides is 1. The zero-order valence-corrected chi connectivity index (χ0v) is 8.82. The van der Waals surface area contributed by atoms with Crippen LogP contribution in [0.3, 0.4) is 0 Å². The molecule has 0 radical (unpaired) electrons. The van der Waals surface area contributed by atoms with Crippen molar-refractivity contribution < 1.29 is 14.3 Å². The average molecular weight is 228 g/mol. The van der Waals surface area contributed by atoms with Gasteiger partial charge in [-0.05, 0) is 25.1 Å². The maximum atomic E-state index is 11.4. The molecule has 15 heavy (non-hydrogen) atoms. The summed E-state index contributed by atoms with van der Waals surface area (Å²) in [5.41, 5.74) is 5.24. The molecule has 0 aliphatic heterocycles. The van der Waals surface area contributed by atoms with Crippen LogP contribution in [-0.2, 0) is 9.53 Å². The molecule has 1 aromatic rings. The Morgan fingerprint density at radius 2 is 2.13 bits per heavy atom. The predicted molar refractivity (Wildman–Crippen MR) is 55.5 cm³/mol. The van der Waals surface area contributed by atoms with Crippen molar-refractivity contribution in [2.24, 2.45) is 5.73 Å². The van der Waals surface area contributed by atoms with E-state index in [1.165, 1.54) is 13.0 Å². The van der Waals surface area contributed by atoms with Crippen molar-refractivity contribution in [2.75, 3.05) is 0 Å². The summed E-state index contributed by atoms with van der Waals surface area (Å²) in [6.07, 6.45) is -0.948. The normalized spacial score (nSPS) is 11.9. The molecule has 1 atom stereocenters. The number of hydrogen-bond acceptors (Lipinski definition) is 3. The van der Waals surface area contributed by atoms with Gasteiger partial charge in [0.1, 0.15) is 0 Å². The summed E-state index contributed by atoms with van der Waals surface area (Å²) in [5, 5.41) is 0.427. The number of rotatable bonds is 3. The fraction of sp³-hybridized carbons (Fsp3) is 0.200. The third-order valence-corrected chi connectivity index (χ3v) is 1.98. The third-order valence-electron chi connectivity index (χ3n) is 1.74. The van der Waals surface area contributed by atoms with E-state index < -0.39 is 18.0 Å². The molecule has 5 heteroatoms. The summed E-state index contributed by atoms with van der Waals surface area (Å²) in [4.78, 5) is 22.1. The van der Waals surface area contributed by atoms with Gasteiger partial charge in [-0.2, -0.15) is 0 Å². The quantitative estimate of drug-likeness (QED) is 0.793. The number of hydrogen-bond donors (Lipinski definition) is 1. The zero-order chi connectivity index (χ0) is 11.4. The van der Waals surface area contributed by atoms with Gasteiger partial charge < -0.3 is 10.5 Å². The van der Waals surface area contributed by atoms with Crippen molar-refractivity contribution in [3.05, 3.63) is 34.9 Å². The van der Waals surface area contributed by atoms with E-state index >= 15 is 0 Å². The standard InChI is InChI=1S/C10H10ClNO3/c1-6(9(12)13)15-10(14)7-3-2-4-8(11)5-7/h2-6H,1H3,(H2,12,13)/t6-/m0/s1. The second-order valence-corrected chi connectivity index (χ2v) is 3.40. The van der Waals surface area contributed by atoms with Gasteiger partial charge in [0.05, 0.1) is 5.56 Å². The lowest BCUT2D eigenvalue weighted by Crippen LogP contribution is -2.30. The zero-order valence-electron chi connectivity index (χ0n) is 8.07. The number of nitrogens with two attached hydrogens (primary N) is 1. The van der Waals surface area contributed by atoms with Gasteiger partial charge in [0.2, 0.25) is 0 Å². The topological polar surface area (TPSA) is 69.4 Å². The molecule has 0 aliphatic rings. The molecule has 1 amide bonds. The van der Waals surface area contributed by atoms with Crippen LogP contribution < -0.4 is 5.73 Å².